The van der Waals surface area contributed by atoms with E-state index in [1.165, 1.54) is 21.5 Å². The summed E-state index contributed by atoms with van der Waals surface area (Å²) < 4.78 is 23.1. The summed E-state index contributed by atoms with van der Waals surface area (Å²) in [5.41, 5.74) is 0.477. The summed E-state index contributed by atoms with van der Waals surface area (Å²) in [6.07, 6.45) is 3.23. The highest BCUT2D eigenvalue weighted by atomic mass is 79.9. The summed E-state index contributed by atoms with van der Waals surface area (Å²) >= 11 is 15.5. The first-order valence-electron chi connectivity index (χ1n) is 9.28. The largest absolute Gasteiger partial charge is 0.470 e. The van der Waals surface area contributed by atoms with Crippen LogP contribution in [-0.2, 0) is 13.3 Å². The van der Waals surface area contributed by atoms with Crippen molar-refractivity contribution < 1.29 is 13.9 Å². The number of carbonyl (C=O) groups is 1. The number of hydrogen-bond donors (Lipinski definition) is 1. The van der Waals surface area contributed by atoms with Crippen LogP contribution in [0.5, 0.6) is 5.75 Å². The number of rotatable bonds is 7. The molecule has 0 spiro atoms. The number of anilines is 1. The molecule has 2 aromatic heterocycles. The smallest absolute Gasteiger partial charge is 0.277 e. The van der Waals surface area contributed by atoms with Gasteiger partial charge in [-0.2, -0.15) is 10.2 Å². The van der Waals surface area contributed by atoms with Gasteiger partial charge in [-0.05, 0) is 46.3 Å². The van der Waals surface area contributed by atoms with Crippen LogP contribution in [-0.4, -0.2) is 25.5 Å². The van der Waals surface area contributed by atoms with Crippen molar-refractivity contribution >= 4 is 50.9 Å². The summed E-state index contributed by atoms with van der Waals surface area (Å²) in [4.78, 5) is 12.6. The SMILES string of the molecule is O=C(Nc1nn(Cc2c(F)cccc2Cl)cc1Br)c1ccn(COc2ccccc2Cl)n1. The zero-order valence-corrected chi connectivity index (χ0v) is 19.4. The van der Waals surface area contributed by atoms with Crippen molar-refractivity contribution in [2.24, 2.45) is 0 Å². The Labute approximate surface area is 200 Å². The number of halogens is 4. The lowest BCUT2D eigenvalue weighted by Gasteiger charge is -2.07. The monoisotopic (exact) mass is 537 g/mol. The second-order valence-electron chi connectivity index (χ2n) is 6.62. The number of nitrogens with one attached hydrogen (secondary N) is 1. The molecule has 4 aromatic rings. The van der Waals surface area contributed by atoms with Gasteiger partial charge in [0.2, 0.25) is 0 Å². The first-order valence-corrected chi connectivity index (χ1v) is 10.8. The molecule has 164 valence electrons. The van der Waals surface area contributed by atoms with Gasteiger partial charge in [-0.1, -0.05) is 41.4 Å². The van der Waals surface area contributed by atoms with Crippen LogP contribution in [0, 0.1) is 5.82 Å². The van der Waals surface area contributed by atoms with E-state index in [1.54, 1.807) is 48.8 Å². The van der Waals surface area contributed by atoms with Crippen LogP contribution in [0.25, 0.3) is 0 Å². The highest BCUT2D eigenvalue weighted by Crippen LogP contribution is 2.25. The lowest BCUT2D eigenvalue weighted by atomic mass is 10.2. The van der Waals surface area contributed by atoms with E-state index in [1.807, 2.05) is 0 Å². The number of benzene rings is 2. The molecule has 11 heteroatoms. The molecule has 32 heavy (non-hydrogen) atoms. The van der Waals surface area contributed by atoms with Gasteiger partial charge in [0.05, 0.1) is 16.0 Å². The molecule has 0 aliphatic heterocycles. The van der Waals surface area contributed by atoms with E-state index >= 15 is 0 Å². The van der Waals surface area contributed by atoms with Gasteiger partial charge in [0.15, 0.2) is 18.2 Å². The quantitative estimate of drug-likeness (QED) is 0.331. The average molecular weight is 539 g/mol. The number of carbonyl (C=O) groups excluding carboxylic acids is 1. The summed E-state index contributed by atoms with van der Waals surface area (Å²) in [5, 5.41) is 11.9. The van der Waals surface area contributed by atoms with Crippen molar-refractivity contribution in [1.82, 2.24) is 19.6 Å². The molecule has 0 saturated carbocycles. The first kappa shape index (κ1) is 22.3. The summed E-state index contributed by atoms with van der Waals surface area (Å²) in [6, 6.07) is 13.1. The molecule has 1 amide bonds. The molecule has 0 bridgehead atoms. The van der Waals surface area contributed by atoms with Crippen LogP contribution >= 0.6 is 39.1 Å². The highest BCUT2D eigenvalue weighted by Gasteiger charge is 2.16. The van der Waals surface area contributed by atoms with Crippen LogP contribution in [0.4, 0.5) is 10.2 Å². The number of aromatic nitrogens is 4. The van der Waals surface area contributed by atoms with E-state index in [4.69, 9.17) is 27.9 Å². The van der Waals surface area contributed by atoms with E-state index in [-0.39, 0.29) is 24.8 Å². The maximum absolute atomic E-state index is 14.0. The Morgan fingerprint density at radius 2 is 1.84 bits per heavy atom. The van der Waals surface area contributed by atoms with Gasteiger partial charge in [-0.25, -0.2) is 9.07 Å². The van der Waals surface area contributed by atoms with Crippen molar-refractivity contribution in [1.29, 1.82) is 0 Å². The Hall–Kier alpha value is -2.88. The van der Waals surface area contributed by atoms with E-state index in [0.29, 0.717) is 25.8 Å². The maximum atomic E-state index is 14.0. The molecule has 0 fully saturated rings. The van der Waals surface area contributed by atoms with Crippen molar-refractivity contribution in [3.8, 4) is 5.75 Å². The Bertz CT molecular complexity index is 1260. The Morgan fingerprint density at radius 1 is 1.06 bits per heavy atom. The minimum Gasteiger partial charge on any atom is -0.470 e. The first-order chi connectivity index (χ1) is 15.4. The van der Waals surface area contributed by atoms with Crippen LogP contribution in [0.1, 0.15) is 16.1 Å². The third-order valence-electron chi connectivity index (χ3n) is 4.39. The zero-order chi connectivity index (χ0) is 22.7. The Balaban J connectivity index is 1.41. The van der Waals surface area contributed by atoms with Gasteiger partial charge in [0.1, 0.15) is 11.6 Å². The van der Waals surface area contributed by atoms with Gasteiger partial charge in [-0.15, -0.1) is 0 Å². The highest BCUT2D eigenvalue weighted by molar-refractivity contribution is 9.10. The number of nitrogens with zero attached hydrogens (tertiary/aromatic N) is 4. The summed E-state index contributed by atoms with van der Waals surface area (Å²) in [5.74, 6) is -0.111. The lowest BCUT2D eigenvalue weighted by Crippen LogP contribution is -2.15. The van der Waals surface area contributed by atoms with Gasteiger partial charge in [0.25, 0.3) is 5.91 Å². The van der Waals surface area contributed by atoms with Crippen molar-refractivity contribution in [3.63, 3.8) is 0 Å². The normalized spacial score (nSPS) is 10.9. The fraction of sp³-hybridized carbons (Fsp3) is 0.0952. The van der Waals surface area contributed by atoms with E-state index in [9.17, 15) is 9.18 Å². The molecule has 0 radical (unpaired) electrons. The van der Waals surface area contributed by atoms with Crippen molar-refractivity contribution in [2.75, 3.05) is 5.32 Å². The summed E-state index contributed by atoms with van der Waals surface area (Å²) in [6.45, 7) is 0.187. The predicted molar refractivity (Wildman–Crippen MR) is 123 cm³/mol. The van der Waals surface area contributed by atoms with Crippen LogP contribution in [0.15, 0.2) is 65.4 Å². The van der Waals surface area contributed by atoms with Crippen LogP contribution in [0.3, 0.4) is 0 Å². The molecule has 0 aliphatic rings. The van der Waals surface area contributed by atoms with E-state index < -0.39 is 11.7 Å². The Kier molecular flexibility index (Phi) is 6.78. The molecule has 0 saturated heterocycles. The third kappa shape index (κ3) is 5.12. The number of amides is 1. The molecule has 0 unspecified atom stereocenters. The second kappa shape index (κ2) is 9.72. The molecule has 0 atom stereocenters. The van der Waals surface area contributed by atoms with Crippen molar-refractivity contribution in [2.45, 2.75) is 13.3 Å². The van der Waals surface area contributed by atoms with E-state index in [0.717, 1.165) is 0 Å². The van der Waals surface area contributed by atoms with Crippen LogP contribution < -0.4 is 10.1 Å². The summed E-state index contributed by atoms with van der Waals surface area (Å²) in [7, 11) is 0. The minimum atomic E-state index is -0.462. The topological polar surface area (TPSA) is 74.0 Å². The molecule has 1 N–H and O–H groups in total. The molecule has 2 heterocycles. The van der Waals surface area contributed by atoms with Gasteiger partial charge in [0, 0.05) is 23.0 Å². The van der Waals surface area contributed by atoms with Crippen molar-refractivity contribution in [3.05, 3.63) is 92.5 Å². The van der Waals surface area contributed by atoms with Crippen LogP contribution in [0.2, 0.25) is 10.0 Å². The fourth-order valence-corrected chi connectivity index (χ4v) is 3.66. The molecule has 0 aliphatic carbocycles. The van der Waals surface area contributed by atoms with Gasteiger partial charge in [-0.3, -0.25) is 9.48 Å². The third-order valence-corrected chi connectivity index (χ3v) is 5.64. The van der Waals surface area contributed by atoms with E-state index in [2.05, 4.69) is 31.4 Å². The second-order valence-corrected chi connectivity index (χ2v) is 8.29. The molecule has 4 rings (SSSR count). The standard InChI is InChI=1S/C21H15BrCl2FN5O2/c22-14-11-30(10-13-15(23)5-3-6-17(13)25)28-20(14)26-21(31)18-8-9-29(27-18)12-32-19-7-2-1-4-16(19)24/h1-9,11H,10,12H2,(H,26,28,31). The number of ether oxygens (including phenoxy) is 1. The average Bonchev–Trinajstić information content (AvgIpc) is 3.37. The molecule has 2 aromatic carbocycles. The zero-order valence-electron chi connectivity index (χ0n) is 16.3. The minimum absolute atomic E-state index is 0.0821. The molecule has 7 nitrogen and oxygen atoms in total. The van der Waals surface area contributed by atoms with Gasteiger partial charge < -0.3 is 10.1 Å². The van der Waals surface area contributed by atoms with Gasteiger partial charge >= 0.3 is 0 Å². The Morgan fingerprint density at radius 3 is 2.62 bits per heavy atom. The maximum Gasteiger partial charge on any atom is 0.277 e. The molecular weight excluding hydrogens is 524 g/mol. The number of hydrogen-bond acceptors (Lipinski definition) is 4. The molecular formula is C21H15BrCl2FN5O2. The predicted octanol–water partition coefficient (Wildman–Crippen LogP) is 5.63. The lowest BCUT2D eigenvalue weighted by molar-refractivity contribution is 0.101. The number of para-hydroxylation sites is 1. The fourth-order valence-electron chi connectivity index (χ4n) is 2.83.